The van der Waals surface area contributed by atoms with E-state index < -0.39 is 35.9 Å². The van der Waals surface area contributed by atoms with E-state index in [1.807, 2.05) is 38.1 Å². The first-order valence-corrected chi connectivity index (χ1v) is 9.98. The van der Waals surface area contributed by atoms with Gasteiger partial charge in [-0.05, 0) is 47.2 Å². The molecule has 0 aliphatic heterocycles. The van der Waals surface area contributed by atoms with Crippen LogP contribution in [0.5, 0.6) is 0 Å². The Morgan fingerprint density at radius 3 is 1.40 bits per heavy atom. The highest BCUT2D eigenvalue weighted by Gasteiger charge is 2.34. The second-order valence-corrected chi connectivity index (χ2v) is 7.21. The van der Waals surface area contributed by atoms with Gasteiger partial charge in [-0.3, -0.25) is 0 Å². The maximum absolute atomic E-state index is 10.2. The van der Waals surface area contributed by atoms with Crippen molar-refractivity contribution in [1.82, 2.24) is 0 Å². The second kappa shape index (κ2) is 10.9. The Bertz CT molecular complexity index is 815. The highest BCUT2D eigenvalue weighted by Crippen LogP contribution is 2.19. The monoisotopic (exact) mass is 414 g/mol. The molecule has 0 saturated carbocycles. The molecule has 6 heteroatoms. The first-order valence-electron chi connectivity index (χ1n) is 9.98. The summed E-state index contributed by atoms with van der Waals surface area (Å²) in [5.41, 5.74) is 3.30. The minimum Gasteiger partial charge on any atom is -0.509 e. The Balaban J connectivity index is 2.12. The van der Waals surface area contributed by atoms with Gasteiger partial charge in [0.2, 0.25) is 0 Å². The van der Waals surface area contributed by atoms with Crippen LogP contribution in [0.1, 0.15) is 36.1 Å². The molecule has 0 aliphatic carbocycles. The van der Waals surface area contributed by atoms with Crippen LogP contribution in [0.3, 0.4) is 0 Å². The first kappa shape index (κ1) is 23.6. The summed E-state index contributed by atoms with van der Waals surface area (Å²) in [6.45, 7) is 3.97. The summed E-state index contributed by atoms with van der Waals surface area (Å²) < 4.78 is 0. The number of aliphatic hydroxyl groups excluding tert-OH is 6. The van der Waals surface area contributed by atoms with Gasteiger partial charge in [0.15, 0.2) is 0 Å². The summed E-state index contributed by atoms with van der Waals surface area (Å²) in [5.74, 6) is -1.14. The van der Waals surface area contributed by atoms with Crippen molar-refractivity contribution in [3.63, 3.8) is 0 Å². The zero-order chi connectivity index (χ0) is 22.3. The highest BCUT2D eigenvalue weighted by atomic mass is 16.4. The van der Waals surface area contributed by atoms with Crippen LogP contribution >= 0.6 is 0 Å². The highest BCUT2D eigenvalue weighted by molar-refractivity contribution is 5.54. The van der Waals surface area contributed by atoms with Gasteiger partial charge in [0.1, 0.15) is 35.9 Å². The molecule has 2 aromatic carbocycles. The van der Waals surface area contributed by atoms with E-state index in [0.717, 1.165) is 24.0 Å². The largest absolute Gasteiger partial charge is 0.509 e. The molecule has 0 amide bonds. The van der Waals surface area contributed by atoms with Gasteiger partial charge < -0.3 is 30.6 Å². The average molecular weight is 414 g/mol. The van der Waals surface area contributed by atoms with Crippen LogP contribution in [0.25, 0.3) is 12.2 Å². The molecular weight excluding hydrogens is 384 g/mol. The van der Waals surface area contributed by atoms with Gasteiger partial charge in [0.05, 0.1) is 0 Å². The molecule has 0 radical (unpaired) electrons. The third-order valence-electron chi connectivity index (χ3n) is 4.95. The third-order valence-corrected chi connectivity index (χ3v) is 4.95. The van der Waals surface area contributed by atoms with Crippen molar-refractivity contribution in [2.45, 2.75) is 51.1 Å². The summed E-state index contributed by atoms with van der Waals surface area (Å²) in [6.07, 6.45) is -3.41. The quantitative estimate of drug-likeness (QED) is 0.351. The zero-order valence-corrected chi connectivity index (χ0v) is 17.2. The maximum Gasteiger partial charge on any atom is 0.139 e. The molecule has 30 heavy (non-hydrogen) atoms. The van der Waals surface area contributed by atoms with Crippen LogP contribution < -0.4 is 0 Å². The molecule has 0 aromatic heterocycles. The molecule has 2 rings (SSSR count). The number of hydrogen-bond donors (Lipinski definition) is 6. The van der Waals surface area contributed by atoms with E-state index in [1.54, 1.807) is 24.3 Å². The van der Waals surface area contributed by atoms with Crippen molar-refractivity contribution in [2.24, 2.45) is 0 Å². The minimum atomic E-state index is -1.93. The van der Waals surface area contributed by atoms with E-state index in [2.05, 4.69) is 0 Å². The SMILES string of the molecule is CCc1cccc(C=C(O)[C@@H](O)[C@@H](O)[C@H](O)[C@@H](O)C(O)=Cc2cccc(CC)c2)c1. The number of aliphatic hydroxyl groups is 6. The Labute approximate surface area is 176 Å². The molecule has 0 fully saturated rings. The first-order chi connectivity index (χ1) is 14.3. The predicted octanol–water partition coefficient (Wildman–Crippen LogP) is 2.75. The van der Waals surface area contributed by atoms with Crippen molar-refractivity contribution in [3.8, 4) is 0 Å². The van der Waals surface area contributed by atoms with Crippen molar-refractivity contribution in [3.05, 3.63) is 82.3 Å². The molecule has 0 aliphatic rings. The average Bonchev–Trinajstić information content (AvgIpc) is 2.77. The molecule has 162 valence electrons. The number of benzene rings is 2. The Morgan fingerprint density at radius 2 is 1.07 bits per heavy atom. The summed E-state index contributed by atoms with van der Waals surface area (Å²) >= 11 is 0. The molecule has 0 saturated heterocycles. The maximum atomic E-state index is 10.2. The lowest BCUT2D eigenvalue weighted by molar-refractivity contribution is -0.0996. The smallest absolute Gasteiger partial charge is 0.139 e. The van der Waals surface area contributed by atoms with Crippen LogP contribution in [0.2, 0.25) is 0 Å². The van der Waals surface area contributed by atoms with E-state index in [-0.39, 0.29) is 0 Å². The van der Waals surface area contributed by atoms with Crippen LogP contribution in [0, 0.1) is 0 Å². The van der Waals surface area contributed by atoms with E-state index in [0.29, 0.717) is 11.1 Å². The summed E-state index contributed by atoms with van der Waals surface area (Å²) in [6, 6.07) is 14.5. The van der Waals surface area contributed by atoms with Crippen LogP contribution in [-0.2, 0) is 12.8 Å². The topological polar surface area (TPSA) is 121 Å². The molecule has 4 atom stereocenters. The van der Waals surface area contributed by atoms with Gasteiger partial charge in [-0.15, -0.1) is 0 Å². The summed E-state index contributed by atoms with van der Waals surface area (Å²) in [4.78, 5) is 0. The number of aryl methyl sites for hydroxylation is 2. The van der Waals surface area contributed by atoms with Gasteiger partial charge in [-0.25, -0.2) is 0 Å². The standard InChI is InChI=1S/C24H30O6/c1-3-15-7-5-9-17(11-15)13-19(25)21(27)23(29)24(30)22(28)20(26)14-18-10-6-8-16(4-2)12-18/h5-14,21-30H,3-4H2,1-2H3/t21-,22+,23-,24-/m1/s1. The lowest BCUT2D eigenvalue weighted by atomic mass is 9.98. The fourth-order valence-electron chi connectivity index (χ4n) is 3.04. The van der Waals surface area contributed by atoms with E-state index in [4.69, 9.17) is 0 Å². The van der Waals surface area contributed by atoms with Gasteiger partial charge in [0.25, 0.3) is 0 Å². The molecule has 0 heterocycles. The predicted molar refractivity (Wildman–Crippen MR) is 117 cm³/mol. The van der Waals surface area contributed by atoms with Crippen LogP contribution in [0.15, 0.2) is 60.0 Å². The molecule has 0 unspecified atom stereocenters. The normalized spacial score (nSPS) is 16.7. The van der Waals surface area contributed by atoms with Crippen LogP contribution in [0.4, 0.5) is 0 Å². The molecule has 2 aromatic rings. The van der Waals surface area contributed by atoms with Crippen LogP contribution in [-0.4, -0.2) is 55.1 Å². The second-order valence-electron chi connectivity index (χ2n) is 7.21. The van der Waals surface area contributed by atoms with E-state index >= 15 is 0 Å². The van der Waals surface area contributed by atoms with Crippen molar-refractivity contribution < 1.29 is 30.6 Å². The van der Waals surface area contributed by atoms with E-state index in [1.165, 1.54) is 12.2 Å². The number of rotatable bonds is 9. The van der Waals surface area contributed by atoms with Crippen molar-refractivity contribution in [2.75, 3.05) is 0 Å². The molecule has 0 bridgehead atoms. The Hall–Kier alpha value is -2.64. The van der Waals surface area contributed by atoms with Gasteiger partial charge >= 0.3 is 0 Å². The lowest BCUT2D eigenvalue weighted by Crippen LogP contribution is -2.45. The summed E-state index contributed by atoms with van der Waals surface area (Å²) in [5, 5.41) is 61.1. The van der Waals surface area contributed by atoms with Crippen molar-refractivity contribution >= 4 is 12.2 Å². The number of hydrogen-bond acceptors (Lipinski definition) is 6. The van der Waals surface area contributed by atoms with E-state index in [9.17, 15) is 30.6 Å². The Kier molecular flexibility index (Phi) is 8.62. The lowest BCUT2D eigenvalue weighted by Gasteiger charge is -2.26. The Morgan fingerprint density at radius 1 is 0.700 bits per heavy atom. The fraction of sp³-hybridized carbons (Fsp3) is 0.333. The van der Waals surface area contributed by atoms with Gasteiger partial charge in [-0.1, -0.05) is 62.4 Å². The minimum absolute atomic E-state index is 0.568. The fourth-order valence-corrected chi connectivity index (χ4v) is 3.04. The molecule has 6 nitrogen and oxygen atoms in total. The van der Waals surface area contributed by atoms with Gasteiger partial charge in [-0.2, -0.15) is 0 Å². The molecular formula is C24H30O6. The summed E-state index contributed by atoms with van der Waals surface area (Å²) in [7, 11) is 0. The molecule has 6 N–H and O–H groups in total. The third kappa shape index (κ3) is 6.18. The van der Waals surface area contributed by atoms with Gasteiger partial charge in [0, 0.05) is 0 Å². The van der Waals surface area contributed by atoms with Crippen molar-refractivity contribution in [1.29, 1.82) is 0 Å². The zero-order valence-electron chi connectivity index (χ0n) is 17.2. The molecule has 0 spiro atoms.